The minimum atomic E-state index is 0.540. The first-order valence-corrected chi connectivity index (χ1v) is 9.80. The average Bonchev–Trinajstić information content (AvgIpc) is 3.15. The Morgan fingerprint density at radius 1 is 1.23 bits per heavy atom. The SMILES string of the molecule is CCOc1cc(CNC(=NC)NCC(C)Cc2cccs2)ccc1OC. The van der Waals surface area contributed by atoms with E-state index < -0.39 is 0 Å². The van der Waals surface area contributed by atoms with Gasteiger partial charge >= 0.3 is 0 Å². The number of hydrogen-bond acceptors (Lipinski definition) is 4. The van der Waals surface area contributed by atoms with Crippen molar-refractivity contribution >= 4 is 17.3 Å². The Hall–Kier alpha value is -2.21. The van der Waals surface area contributed by atoms with Crippen molar-refractivity contribution in [1.82, 2.24) is 10.6 Å². The molecule has 1 aromatic heterocycles. The second kappa shape index (κ2) is 10.7. The van der Waals surface area contributed by atoms with Crippen molar-refractivity contribution in [3.05, 3.63) is 46.2 Å². The highest BCUT2D eigenvalue weighted by atomic mass is 32.1. The summed E-state index contributed by atoms with van der Waals surface area (Å²) in [5.41, 5.74) is 1.11. The predicted octanol–water partition coefficient (Wildman–Crippen LogP) is 3.70. The molecule has 0 amide bonds. The molecule has 0 aliphatic rings. The summed E-state index contributed by atoms with van der Waals surface area (Å²) in [6.45, 7) is 6.37. The van der Waals surface area contributed by atoms with E-state index in [1.165, 1.54) is 4.88 Å². The summed E-state index contributed by atoms with van der Waals surface area (Å²) in [4.78, 5) is 5.73. The molecule has 1 unspecified atom stereocenters. The summed E-state index contributed by atoms with van der Waals surface area (Å²) < 4.78 is 11.0. The van der Waals surface area contributed by atoms with Gasteiger partial charge in [-0.25, -0.2) is 0 Å². The van der Waals surface area contributed by atoms with Gasteiger partial charge in [0.1, 0.15) is 0 Å². The van der Waals surface area contributed by atoms with Crippen LogP contribution in [0, 0.1) is 5.92 Å². The van der Waals surface area contributed by atoms with E-state index in [1.54, 1.807) is 14.2 Å². The van der Waals surface area contributed by atoms with E-state index in [4.69, 9.17) is 9.47 Å². The van der Waals surface area contributed by atoms with Crippen LogP contribution < -0.4 is 20.1 Å². The van der Waals surface area contributed by atoms with Gasteiger partial charge in [0.2, 0.25) is 0 Å². The number of nitrogens with zero attached hydrogens (tertiary/aromatic N) is 1. The molecule has 0 fully saturated rings. The number of methoxy groups -OCH3 is 1. The summed E-state index contributed by atoms with van der Waals surface area (Å²) in [7, 11) is 3.44. The number of aliphatic imine (C=N–C) groups is 1. The Kier molecular flexibility index (Phi) is 8.28. The second-order valence-corrected chi connectivity index (χ2v) is 7.15. The molecule has 1 heterocycles. The van der Waals surface area contributed by atoms with Crippen LogP contribution in [0.5, 0.6) is 11.5 Å². The van der Waals surface area contributed by atoms with Gasteiger partial charge in [-0.2, -0.15) is 0 Å². The van der Waals surface area contributed by atoms with E-state index in [-0.39, 0.29) is 0 Å². The molecule has 1 atom stereocenters. The van der Waals surface area contributed by atoms with Crippen LogP contribution in [-0.4, -0.2) is 33.3 Å². The third-order valence-corrected chi connectivity index (χ3v) is 4.86. The highest BCUT2D eigenvalue weighted by molar-refractivity contribution is 7.09. The van der Waals surface area contributed by atoms with Crippen LogP contribution in [0.2, 0.25) is 0 Å². The van der Waals surface area contributed by atoms with Crippen LogP contribution in [0.4, 0.5) is 0 Å². The lowest BCUT2D eigenvalue weighted by Gasteiger charge is -2.16. The Morgan fingerprint density at radius 2 is 2.08 bits per heavy atom. The average molecular weight is 376 g/mol. The van der Waals surface area contributed by atoms with Gasteiger partial charge < -0.3 is 20.1 Å². The van der Waals surface area contributed by atoms with E-state index in [9.17, 15) is 0 Å². The maximum atomic E-state index is 5.63. The maximum Gasteiger partial charge on any atom is 0.191 e. The molecule has 2 aromatic rings. The van der Waals surface area contributed by atoms with E-state index in [0.717, 1.165) is 36.0 Å². The fourth-order valence-corrected chi connectivity index (χ4v) is 3.49. The van der Waals surface area contributed by atoms with E-state index in [0.29, 0.717) is 19.1 Å². The molecule has 2 N–H and O–H groups in total. The predicted molar refractivity (Wildman–Crippen MR) is 110 cm³/mol. The molecule has 0 aliphatic heterocycles. The van der Waals surface area contributed by atoms with Crippen molar-refractivity contribution < 1.29 is 9.47 Å². The van der Waals surface area contributed by atoms with Gasteiger partial charge in [-0.05, 0) is 48.4 Å². The minimum Gasteiger partial charge on any atom is -0.493 e. The summed E-state index contributed by atoms with van der Waals surface area (Å²) in [5, 5.41) is 8.88. The van der Waals surface area contributed by atoms with Gasteiger partial charge in [-0.1, -0.05) is 19.1 Å². The number of ether oxygens (including phenoxy) is 2. The lowest BCUT2D eigenvalue weighted by atomic mass is 10.1. The van der Waals surface area contributed by atoms with Gasteiger partial charge in [0, 0.05) is 25.0 Å². The number of hydrogen-bond donors (Lipinski definition) is 2. The summed E-state index contributed by atoms with van der Waals surface area (Å²) in [6, 6.07) is 10.3. The van der Waals surface area contributed by atoms with Crippen molar-refractivity contribution in [3.63, 3.8) is 0 Å². The van der Waals surface area contributed by atoms with E-state index in [2.05, 4.69) is 40.1 Å². The fraction of sp³-hybridized carbons (Fsp3) is 0.450. The first-order valence-electron chi connectivity index (χ1n) is 8.92. The van der Waals surface area contributed by atoms with Crippen LogP contribution in [0.3, 0.4) is 0 Å². The van der Waals surface area contributed by atoms with Gasteiger partial charge in [0.25, 0.3) is 0 Å². The van der Waals surface area contributed by atoms with Crippen molar-refractivity contribution in [2.45, 2.75) is 26.8 Å². The molecule has 0 spiro atoms. The van der Waals surface area contributed by atoms with Gasteiger partial charge in [0.15, 0.2) is 17.5 Å². The lowest BCUT2D eigenvalue weighted by molar-refractivity contribution is 0.310. The van der Waals surface area contributed by atoms with Crippen molar-refractivity contribution in [1.29, 1.82) is 0 Å². The topological polar surface area (TPSA) is 54.9 Å². The summed E-state index contributed by atoms with van der Waals surface area (Å²) in [5.74, 6) is 2.86. The molecule has 2 rings (SSSR count). The summed E-state index contributed by atoms with van der Waals surface area (Å²) in [6.07, 6.45) is 1.08. The molecule has 0 bridgehead atoms. The van der Waals surface area contributed by atoms with Crippen LogP contribution in [-0.2, 0) is 13.0 Å². The number of benzene rings is 1. The van der Waals surface area contributed by atoms with Crippen molar-refractivity contribution in [2.24, 2.45) is 10.9 Å². The standard InChI is InChI=1S/C20H29N3O2S/c1-5-25-19-12-16(8-9-18(19)24-4)14-23-20(21-3)22-13-15(2)11-17-7-6-10-26-17/h6-10,12,15H,5,11,13-14H2,1-4H3,(H2,21,22,23). The highest BCUT2D eigenvalue weighted by Gasteiger charge is 2.08. The normalized spacial score (nSPS) is 12.5. The smallest absolute Gasteiger partial charge is 0.191 e. The molecule has 1 aromatic carbocycles. The maximum absolute atomic E-state index is 5.63. The Balaban J connectivity index is 1.83. The first-order chi connectivity index (χ1) is 12.7. The number of guanidine groups is 1. The van der Waals surface area contributed by atoms with E-state index in [1.807, 2.05) is 36.5 Å². The lowest BCUT2D eigenvalue weighted by Crippen LogP contribution is -2.39. The van der Waals surface area contributed by atoms with Crippen molar-refractivity contribution in [3.8, 4) is 11.5 Å². The quantitative estimate of drug-likeness (QED) is 0.518. The molecule has 26 heavy (non-hydrogen) atoms. The molecular formula is C20H29N3O2S. The molecule has 0 saturated heterocycles. The Morgan fingerprint density at radius 3 is 2.73 bits per heavy atom. The zero-order chi connectivity index (χ0) is 18.8. The first kappa shape index (κ1) is 20.1. The second-order valence-electron chi connectivity index (χ2n) is 6.11. The van der Waals surface area contributed by atoms with Crippen LogP contribution in [0.25, 0.3) is 0 Å². The van der Waals surface area contributed by atoms with E-state index >= 15 is 0 Å². The molecule has 5 nitrogen and oxygen atoms in total. The molecule has 0 aliphatic carbocycles. The molecule has 6 heteroatoms. The molecule has 0 radical (unpaired) electrons. The Labute approximate surface area is 160 Å². The zero-order valence-electron chi connectivity index (χ0n) is 16.0. The fourth-order valence-electron chi connectivity index (χ4n) is 2.62. The third kappa shape index (κ3) is 6.26. The third-order valence-electron chi connectivity index (χ3n) is 3.96. The van der Waals surface area contributed by atoms with Crippen molar-refractivity contribution in [2.75, 3.05) is 27.3 Å². The van der Waals surface area contributed by atoms with Gasteiger partial charge in [-0.15, -0.1) is 11.3 Å². The van der Waals surface area contributed by atoms with Crippen LogP contribution in [0.15, 0.2) is 40.7 Å². The molecule has 0 saturated carbocycles. The number of rotatable bonds is 9. The Bertz CT molecular complexity index is 686. The summed E-state index contributed by atoms with van der Waals surface area (Å²) >= 11 is 1.81. The van der Waals surface area contributed by atoms with Gasteiger partial charge in [0.05, 0.1) is 13.7 Å². The highest BCUT2D eigenvalue weighted by Crippen LogP contribution is 2.27. The number of nitrogens with one attached hydrogen (secondary N) is 2. The largest absolute Gasteiger partial charge is 0.493 e. The van der Waals surface area contributed by atoms with Gasteiger partial charge in [-0.3, -0.25) is 4.99 Å². The zero-order valence-corrected chi connectivity index (χ0v) is 16.9. The van der Waals surface area contributed by atoms with Crippen LogP contribution in [0.1, 0.15) is 24.3 Å². The monoisotopic (exact) mass is 375 g/mol. The van der Waals surface area contributed by atoms with Crippen LogP contribution >= 0.6 is 11.3 Å². The molecule has 142 valence electrons. The minimum absolute atomic E-state index is 0.540. The number of thiophene rings is 1. The molecular weight excluding hydrogens is 346 g/mol.